The second-order valence-corrected chi connectivity index (χ2v) is 8.00. The lowest BCUT2D eigenvalue weighted by Gasteiger charge is -2.38. The maximum atomic E-state index is 3.84. The molecule has 2 saturated carbocycles. The molecule has 0 aromatic heterocycles. The smallest absolute Gasteiger partial charge is 0.0129 e. The maximum Gasteiger partial charge on any atom is 0.0129 e. The summed E-state index contributed by atoms with van der Waals surface area (Å²) in [6.07, 6.45) is 7.04. The van der Waals surface area contributed by atoms with Gasteiger partial charge in [-0.3, -0.25) is 0 Å². The molecule has 1 N–H and O–H groups in total. The first-order chi connectivity index (χ1) is 10.1. The van der Waals surface area contributed by atoms with Crippen molar-refractivity contribution in [3.05, 3.63) is 35.9 Å². The minimum Gasteiger partial charge on any atom is -0.314 e. The Kier molecular flexibility index (Phi) is 4.40. The van der Waals surface area contributed by atoms with E-state index in [-0.39, 0.29) is 0 Å². The molecular weight excluding hydrogens is 254 g/mol. The van der Waals surface area contributed by atoms with Crippen LogP contribution in [0.15, 0.2) is 30.3 Å². The van der Waals surface area contributed by atoms with Crippen LogP contribution in [-0.4, -0.2) is 12.6 Å². The van der Waals surface area contributed by atoms with Gasteiger partial charge in [-0.25, -0.2) is 0 Å². The first-order valence-electron chi connectivity index (χ1n) is 8.89. The highest BCUT2D eigenvalue weighted by Gasteiger charge is 2.46. The Balaban J connectivity index is 1.64. The molecule has 0 saturated heterocycles. The molecule has 1 aromatic rings. The van der Waals surface area contributed by atoms with Crippen molar-refractivity contribution >= 4 is 0 Å². The van der Waals surface area contributed by atoms with Gasteiger partial charge in [0.15, 0.2) is 0 Å². The van der Waals surface area contributed by atoms with E-state index in [9.17, 15) is 0 Å². The third kappa shape index (κ3) is 3.51. The van der Waals surface area contributed by atoms with E-state index in [2.05, 4.69) is 56.4 Å². The molecule has 0 heterocycles. The number of hydrogen-bond donors (Lipinski definition) is 1. The van der Waals surface area contributed by atoms with Crippen molar-refractivity contribution < 1.29 is 0 Å². The molecule has 3 rings (SSSR count). The van der Waals surface area contributed by atoms with Gasteiger partial charge < -0.3 is 5.32 Å². The summed E-state index contributed by atoms with van der Waals surface area (Å²) in [6, 6.07) is 11.9. The standard InChI is InChI=1S/C20H31N/c1-4-21-19(16-10-12-20(2,3)13-11-16)18-14-17(18)15-8-6-5-7-9-15/h5-9,16-19,21H,4,10-14H2,1-3H3. The second-order valence-electron chi connectivity index (χ2n) is 8.00. The van der Waals surface area contributed by atoms with E-state index in [1.54, 1.807) is 5.56 Å². The zero-order chi connectivity index (χ0) is 14.9. The Morgan fingerprint density at radius 1 is 1.14 bits per heavy atom. The van der Waals surface area contributed by atoms with Crippen LogP contribution < -0.4 is 5.32 Å². The van der Waals surface area contributed by atoms with Crippen molar-refractivity contribution in [1.82, 2.24) is 5.32 Å². The van der Waals surface area contributed by atoms with Gasteiger partial charge in [0.2, 0.25) is 0 Å². The van der Waals surface area contributed by atoms with Gasteiger partial charge in [0.05, 0.1) is 0 Å². The van der Waals surface area contributed by atoms with Crippen LogP contribution in [0.4, 0.5) is 0 Å². The average Bonchev–Trinajstić information content (AvgIpc) is 3.26. The highest BCUT2D eigenvalue weighted by atomic mass is 14.9. The van der Waals surface area contributed by atoms with Crippen LogP contribution in [0.2, 0.25) is 0 Å². The minimum absolute atomic E-state index is 0.579. The summed E-state index contributed by atoms with van der Waals surface area (Å²) < 4.78 is 0. The molecule has 3 unspecified atom stereocenters. The van der Waals surface area contributed by atoms with Crippen LogP contribution in [-0.2, 0) is 0 Å². The van der Waals surface area contributed by atoms with Crippen LogP contribution >= 0.6 is 0 Å². The van der Waals surface area contributed by atoms with E-state index in [4.69, 9.17) is 0 Å². The first kappa shape index (κ1) is 15.1. The van der Waals surface area contributed by atoms with Gasteiger partial charge in [-0.15, -0.1) is 0 Å². The fourth-order valence-corrected chi connectivity index (χ4v) is 4.38. The summed E-state index contributed by atoms with van der Waals surface area (Å²) in [5.41, 5.74) is 2.14. The summed E-state index contributed by atoms with van der Waals surface area (Å²) in [6.45, 7) is 8.26. The number of rotatable bonds is 5. The summed E-state index contributed by atoms with van der Waals surface area (Å²) >= 11 is 0. The van der Waals surface area contributed by atoms with E-state index < -0.39 is 0 Å². The van der Waals surface area contributed by atoms with Gasteiger partial charge in [-0.2, -0.15) is 0 Å². The van der Waals surface area contributed by atoms with Crippen molar-refractivity contribution in [2.24, 2.45) is 17.3 Å². The molecule has 21 heavy (non-hydrogen) atoms. The van der Waals surface area contributed by atoms with Crippen molar-refractivity contribution in [2.75, 3.05) is 6.54 Å². The fraction of sp³-hybridized carbons (Fsp3) is 0.700. The molecule has 0 aliphatic heterocycles. The number of nitrogens with one attached hydrogen (secondary N) is 1. The third-order valence-corrected chi connectivity index (χ3v) is 5.86. The molecule has 3 atom stereocenters. The van der Waals surface area contributed by atoms with E-state index in [1.165, 1.54) is 32.1 Å². The molecular formula is C20H31N. The lowest BCUT2D eigenvalue weighted by atomic mass is 9.70. The Labute approximate surface area is 130 Å². The highest BCUT2D eigenvalue weighted by Crippen LogP contribution is 2.53. The fourth-order valence-electron chi connectivity index (χ4n) is 4.38. The Morgan fingerprint density at radius 3 is 2.43 bits per heavy atom. The molecule has 0 amide bonds. The van der Waals surface area contributed by atoms with E-state index in [0.717, 1.165) is 30.3 Å². The van der Waals surface area contributed by atoms with Crippen molar-refractivity contribution in [3.8, 4) is 0 Å². The zero-order valence-electron chi connectivity index (χ0n) is 13.9. The van der Waals surface area contributed by atoms with Crippen LogP contribution in [0, 0.1) is 17.3 Å². The van der Waals surface area contributed by atoms with Gasteiger partial charge in [-0.1, -0.05) is 51.1 Å². The Hall–Kier alpha value is -0.820. The highest BCUT2D eigenvalue weighted by molar-refractivity contribution is 5.27. The molecule has 1 heteroatoms. The van der Waals surface area contributed by atoms with Crippen LogP contribution in [0.1, 0.15) is 64.4 Å². The summed E-state index contributed by atoms with van der Waals surface area (Å²) in [5, 5.41) is 3.84. The van der Waals surface area contributed by atoms with Gasteiger partial charge >= 0.3 is 0 Å². The largest absolute Gasteiger partial charge is 0.314 e. The van der Waals surface area contributed by atoms with Crippen LogP contribution in [0.3, 0.4) is 0 Å². The van der Waals surface area contributed by atoms with Gasteiger partial charge in [-0.05, 0) is 67.4 Å². The number of benzene rings is 1. The summed E-state index contributed by atoms with van der Waals surface area (Å²) in [7, 11) is 0. The molecule has 1 nitrogen and oxygen atoms in total. The molecule has 2 aliphatic carbocycles. The average molecular weight is 285 g/mol. The lowest BCUT2D eigenvalue weighted by Crippen LogP contribution is -2.41. The van der Waals surface area contributed by atoms with Crippen molar-refractivity contribution in [1.29, 1.82) is 0 Å². The minimum atomic E-state index is 0.579. The van der Waals surface area contributed by atoms with Gasteiger partial charge in [0.25, 0.3) is 0 Å². The molecule has 0 bridgehead atoms. The third-order valence-electron chi connectivity index (χ3n) is 5.86. The predicted molar refractivity (Wildman–Crippen MR) is 90.5 cm³/mol. The van der Waals surface area contributed by atoms with E-state index >= 15 is 0 Å². The van der Waals surface area contributed by atoms with Crippen molar-refractivity contribution in [3.63, 3.8) is 0 Å². The summed E-state index contributed by atoms with van der Waals surface area (Å²) in [5.74, 6) is 2.58. The first-order valence-corrected chi connectivity index (χ1v) is 8.89. The summed E-state index contributed by atoms with van der Waals surface area (Å²) in [4.78, 5) is 0. The molecule has 0 spiro atoms. The lowest BCUT2D eigenvalue weighted by molar-refractivity contribution is 0.153. The normalized spacial score (nSPS) is 30.0. The monoisotopic (exact) mass is 285 g/mol. The molecule has 0 radical (unpaired) electrons. The zero-order valence-corrected chi connectivity index (χ0v) is 13.9. The SMILES string of the molecule is CCNC(C1CCC(C)(C)CC1)C1CC1c1ccccc1. The quantitative estimate of drug-likeness (QED) is 0.804. The van der Waals surface area contributed by atoms with Crippen LogP contribution in [0.5, 0.6) is 0 Å². The Bertz CT molecular complexity index is 440. The van der Waals surface area contributed by atoms with Crippen LogP contribution in [0.25, 0.3) is 0 Å². The van der Waals surface area contributed by atoms with Gasteiger partial charge in [0.1, 0.15) is 0 Å². The second kappa shape index (κ2) is 6.12. The van der Waals surface area contributed by atoms with E-state index in [1.807, 2.05) is 0 Å². The molecule has 116 valence electrons. The van der Waals surface area contributed by atoms with Gasteiger partial charge in [0, 0.05) is 6.04 Å². The van der Waals surface area contributed by atoms with Crippen molar-refractivity contribution in [2.45, 2.75) is 64.8 Å². The predicted octanol–water partition coefficient (Wildman–Crippen LogP) is 4.98. The molecule has 1 aromatic carbocycles. The Morgan fingerprint density at radius 2 is 1.81 bits per heavy atom. The molecule has 2 aliphatic rings. The topological polar surface area (TPSA) is 12.0 Å². The maximum absolute atomic E-state index is 3.84. The van der Waals surface area contributed by atoms with E-state index in [0.29, 0.717) is 5.41 Å². The number of hydrogen-bond acceptors (Lipinski definition) is 1. The molecule has 2 fully saturated rings.